The number of carboxylic acids is 1. The quantitative estimate of drug-likeness (QED) is 0.580. The molecule has 0 aromatic carbocycles. The van der Waals surface area contributed by atoms with Crippen LogP contribution >= 0.6 is 0 Å². The van der Waals surface area contributed by atoms with Crippen molar-refractivity contribution in [3.63, 3.8) is 0 Å². The van der Waals surface area contributed by atoms with Crippen LogP contribution in [0.2, 0.25) is 0 Å². The molecule has 3 N–H and O–H groups in total. The Bertz CT molecular complexity index is 297. The zero-order valence-corrected chi connectivity index (χ0v) is 10.4. The number of carbonyl (C=O) groups excluding carboxylic acids is 1. The van der Waals surface area contributed by atoms with Gasteiger partial charge in [0.25, 0.3) is 0 Å². The lowest BCUT2D eigenvalue weighted by Crippen LogP contribution is -2.39. The Kier molecular flexibility index (Phi) is 7.89. The number of alkyl halides is 3. The Morgan fingerprint density at radius 2 is 1.95 bits per heavy atom. The molecule has 9 heteroatoms. The summed E-state index contributed by atoms with van der Waals surface area (Å²) in [7, 11) is 0. The fraction of sp³-hybridized carbons (Fsp3) is 0.800. The maximum Gasteiger partial charge on any atom is 0.411 e. The van der Waals surface area contributed by atoms with Crippen molar-refractivity contribution in [3.05, 3.63) is 0 Å². The Hall–Kier alpha value is -1.51. The summed E-state index contributed by atoms with van der Waals surface area (Å²) in [5.41, 5.74) is 0. The smallest absolute Gasteiger partial charge is 0.411 e. The summed E-state index contributed by atoms with van der Waals surface area (Å²) in [6, 6.07) is -0.576. The molecule has 112 valence electrons. The minimum absolute atomic E-state index is 0.0603. The van der Waals surface area contributed by atoms with Gasteiger partial charge in [-0.2, -0.15) is 13.2 Å². The van der Waals surface area contributed by atoms with Crippen LogP contribution < -0.4 is 10.6 Å². The molecule has 0 aliphatic carbocycles. The van der Waals surface area contributed by atoms with Gasteiger partial charge in [-0.3, -0.25) is 4.79 Å². The second kappa shape index (κ2) is 8.57. The Morgan fingerprint density at radius 1 is 1.32 bits per heavy atom. The van der Waals surface area contributed by atoms with Crippen LogP contribution in [-0.2, 0) is 9.53 Å². The molecule has 2 amide bonds. The normalized spacial score (nSPS) is 12.8. The van der Waals surface area contributed by atoms with Crippen molar-refractivity contribution in [1.82, 2.24) is 10.6 Å². The van der Waals surface area contributed by atoms with E-state index in [1.165, 1.54) is 0 Å². The molecule has 0 saturated heterocycles. The number of carbonyl (C=O) groups is 2. The first-order valence-corrected chi connectivity index (χ1v) is 5.58. The molecule has 0 aliphatic rings. The summed E-state index contributed by atoms with van der Waals surface area (Å²) in [4.78, 5) is 21.5. The first-order chi connectivity index (χ1) is 8.70. The maximum atomic E-state index is 11.7. The third-order valence-corrected chi connectivity index (χ3v) is 1.93. The highest BCUT2D eigenvalue weighted by molar-refractivity contribution is 5.73. The van der Waals surface area contributed by atoms with Gasteiger partial charge in [-0.1, -0.05) is 6.92 Å². The molecule has 0 aromatic heterocycles. The molecule has 0 radical (unpaired) electrons. The van der Waals surface area contributed by atoms with Crippen molar-refractivity contribution >= 4 is 12.0 Å². The van der Waals surface area contributed by atoms with Gasteiger partial charge in [0.2, 0.25) is 0 Å². The second-order valence-corrected chi connectivity index (χ2v) is 4.01. The minimum Gasteiger partial charge on any atom is -0.481 e. The van der Waals surface area contributed by atoms with Crippen molar-refractivity contribution in [1.29, 1.82) is 0 Å². The molecule has 0 saturated carbocycles. The summed E-state index contributed by atoms with van der Waals surface area (Å²) in [6.07, 6.45) is -4.45. The van der Waals surface area contributed by atoms with Crippen LogP contribution in [0.4, 0.5) is 18.0 Å². The van der Waals surface area contributed by atoms with E-state index in [0.717, 1.165) is 0 Å². The van der Waals surface area contributed by atoms with Gasteiger partial charge in [-0.15, -0.1) is 0 Å². The molecule has 0 aromatic rings. The highest BCUT2D eigenvalue weighted by Gasteiger charge is 2.27. The molecule has 1 unspecified atom stereocenters. The minimum atomic E-state index is -4.38. The SMILES string of the molecule is CC(CNC(=O)NCCOCC(F)(F)F)CC(=O)O. The van der Waals surface area contributed by atoms with Crippen molar-refractivity contribution in [2.75, 3.05) is 26.3 Å². The molecule has 0 aliphatic heterocycles. The molecule has 0 rings (SSSR count). The fourth-order valence-corrected chi connectivity index (χ4v) is 1.12. The summed E-state index contributed by atoms with van der Waals surface area (Å²) < 4.78 is 39.3. The van der Waals surface area contributed by atoms with E-state index in [-0.39, 0.29) is 32.0 Å². The molecule has 1 atom stereocenters. The number of rotatable bonds is 8. The van der Waals surface area contributed by atoms with Crippen LogP contribution in [0.25, 0.3) is 0 Å². The van der Waals surface area contributed by atoms with Crippen molar-refractivity contribution in [3.8, 4) is 0 Å². The number of urea groups is 1. The number of carboxylic acid groups (broad SMARTS) is 1. The Balaban J connectivity index is 3.52. The topological polar surface area (TPSA) is 87.7 Å². The average molecular weight is 286 g/mol. The third-order valence-electron chi connectivity index (χ3n) is 1.93. The number of aliphatic carboxylic acids is 1. The number of amides is 2. The van der Waals surface area contributed by atoms with Crippen LogP contribution in [0.3, 0.4) is 0 Å². The molecular formula is C10H17F3N2O4. The van der Waals surface area contributed by atoms with Crippen LogP contribution in [0, 0.1) is 5.92 Å². The van der Waals surface area contributed by atoms with Gasteiger partial charge in [0.1, 0.15) is 6.61 Å². The predicted octanol–water partition coefficient (Wildman–Crippen LogP) is 0.975. The summed E-state index contributed by atoms with van der Waals surface area (Å²) in [5, 5.41) is 13.2. The van der Waals surface area contributed by atoms with E-state index in [0.29, 0.717) is 0 Å². The summed E-state index contributed by atoms with van der Waals surface area (Å²) in [5.74, 6) is -1.19. The van der Waals surface area contributed by atoms with Gasteiger partial charge in [0, 0.05) is 19.5 Å². The van der Waals surface area contributed by atoms with E-state index in [2.05, 4.69) is 15.4 Å². The zero-order valence-electron chi connectivity index (χ0n) is 10.4. The fourth-order valence-electron chi connectivity index (χ4n) is 1.12. The van der Waals surface area contributed by atoms with E-state index in [4.69, 9.17) is 5.11 Å². The standard InChI is InChI=1S/C10H17F3N2O4/c1-7(4-8(16)17)5-15-9(18)14-2-3-19-6-10(11,12)13/h7H,2-6H2,1H3,(H,16,17)(H2,14,15,18). The van der Waals surface area contributed by atoms with E-state index < -0.39 is 24.8 Å². The molecular weight excluding hydrogens is 269 g/mol. The van der Waals surface area contributed by atoms with Gasteiger partial charge < -0.3 is 20.5 Å². The van der Waals surface area contributed by atoms with Gasteiger partial charge in [-0.05, 0) is 5.92 Å². The van der Waals surface area contributed by atoms with E-state index in [9.17, 15) is 22.8 Å². The van der Waals surface area contributed by atoms with E-state index in [1.807, 2.05) is 0 Å². The van der Waals surface area contributed by atoms with E-state index in [1.54, 1.807) is 6.92 Å². The summed E-state index contributed by atoms with van der Waals surface area (Å²) >= 11 is 0. The monoisotopic (exact) mass is 286 g/mol. The Morgan fingerprint density at radius 3 is 2.47 bits per heavy atom. The van der Waals surface area contributed by atoms with Crippen LogP contribution in [-0.4, -0.2) is 49.6 Å². The lowest BCUT2D eigenvalue weighted by Gasteiger charge is -2.12. The van der Waals surface area contributed by atoms with Crippen molar-refractivity contribution in [2.45, 2.75) is 19.5 Å². The lowest BCUT2D eigenvalue weighted by atomic mass is 10.1. The second-order valence-electron chi connectivity index (χ2n) is 4.01. The van der Waals surface area contributed by atoms with Crippen molar-refractivity contribution < 1.29 is 32.6 Å². The first kappa shape index (κ1) is 17.5. The number of hydrogen-bond acceptors (Lipinski definition) is 3. The number of nitrogens with one attached hydrogen (secondary N) is 2. The Labute approximate surface area is 108 Å². The van der Waals surface area contributed by atoms with Gasteiger partial charge >= 0.3 is 18.2 Å². The highest BCUT2D eigenvalue weighted by Crippen LogP contribution is 2.13. The zero-order chi connectivity index (χ0) is 14.9. The van der Waals surface area contributed by atoms with Crippen LogP contribution in [0.5, 0.6) is 0 Å². The molecule has 0 bridgehead atoms. The molecule has 0 fully saturated rings. The largest absolute Gasteiger partial charge is 0.481 e. The third kappa shape index (κ3) is 12.7. The average Bonchev–Trinajstić information content (AvgIpc) is 2.23. The van der Waals surface area contributed by atoms with E-state index >= 15 is 0 Å². The maximum absolute atomic E-state index is 11.7. The number of halogens is 3. The highest BCUT2D eigenvalue weighted by atomic mass is 19.4. The predicted molar refractivity (Wildman–Crippen MR) is 59.7 cm³/mol. The van der Waals surface area contributed by atoms with Crippen molar-refractivity contribution in [2.24, 2.45) is 5.92 Å². The van der Waals surface area contributed by atoms with Gasteiger partial charge in [0.15, 0.2) is 0 Å². The summed E-state index contributed by atoms with van der Waals surface area (Å²) in [6.45, 7) is 0.154. The van der Waals surface area contributed by atoms with Crippen LogP contribution in [0.1, 0.15) is 13.3 Å². The van der Waals surface area contributed by atoms with Crippen LogP contribution in [0.15, 0.2) is 0 Å². The lowest BCUT2D eigenvalue weighted by molar-refractivity contribution is -0.173. The number of ether oxygens (including phenoxy) is 1. The molecule has 6 nitrogen and oxygen atoms in total. The van der Waals surface area contributed by atoms with Gasteiger partial charge in [0.05, 0.1) is 6.61 Å². The number of hydrogen-bond donors (Lipinski definition) is 3. The molecule has 0 heterocycles. The molecule has 0 spiro atoms. The first-order valence-electron chi connectivity index (χ1n) is 5.58. The molecule has 19 heavy (non-hydrogen) atoms. The van der Waals surface area contributed by atoms with Gasteiger partial charge in [-0.25, -0.2) is 4.79 Å².